The number of fused-ring (bicyclic) bond motifs is 1. The number of rotatable bonds is 7. The Labute approximate surface area is 159 Å². The van der Waals surface area contributed by atoms with Gasteiger partial charge in [-0.15, -0.1) is 0 Å². The van der Waals surface area contributed by atoms with Gasteiger partial charge in [0.1, 0.15) is 5.75 Å². The van der Waals surface area contributed by atoms with Crippen molar-refractivity contribution in [2.45, 2.75) is 19.8 Å². The number of hydrogen-bond donors (Lipinski definition) is 1. The highest BCUT2D eigenvalue weighted by atomic mass is 16.5. The maximum absolute atomic E-state index is 12.8. The van der Waals surface area contributed by atoms with E-state index in [1.165, 1.54) is 0 Å². The zero-order chi connectivity index (χ0) is 19.1. The summed E-state index contributed by atoms with van der Waals surface area (Å²) >= 11 is 0. The van der Waals surface area contributed by atoms with E-state index >= 15 is 0 Å². The number of hydrogen-bond acceptors (Lipinski definition) is 3. The second kappa shape index (κ2) is 9.03. The number of ether oxygens (including phenoxy) is 1. The van der Waals surface area contributed by atoms with Crippen molar-refractivity contribution in [3.8, 4) is 5.75 Å². The molecule has 0 unspecified atom stereocenters. The van der Waals surface area contributed by atoms with Crippen LogP contribution in [0.2, 0.25) is 0 Å². The summed E-state index contributed by atoms with van der Waals surface area (Å²) in [5, 5.41) is 2.78. The quantitative estimate of drug-likeness (QED) is 0.818. The fraction of sp³-hybridized carbons (Fsp3) is 0.273. The van der Waals surface area contributed by atoms with Gasteiger partial charge in [-0.1, -0.05) is 55.5 Å². The molecule has 140 valence electrons. The molecule has 0 bridgehead atoms. The molecule has 1 aliphatic rings. The smallest absolute Gasteiger partial charge is 0.262 e. The molecule has 1 N–H and O–H groups in total. The third-order valence-corrected chi connectivity index (χ3v) is 4.31. The molecule has 27 heavy (non-hydrogen) atoms. The number of benzene rings is 2. The zero-order valence-electron chi connectivity index (χ0n) is 15.5. The molecule has 1 aliphatic heterocycles. The van der Waals surface area contributed by atoms with Gasteiger partial charge in [-0.2, -0.15) is 0 Å². The molecule has 5 heteroatoms. The first-order chi connectivity index (χ1) is 13.2. The fourth-order valence-corrected chi connectivity index (χ4v) is 2.99. The second-order valence-corrected chi connectivity index (χ2v) is 6.50. The zero-order valence-corrected chi connectivity index (χ0v) is 15.5. The van der Waals surface area contributed by atoms with E-state index in [9.17, 15) is 9.59 Å². The first-order valence-corrected chi connectivity index (χ1v) is 9.20. The molecular weight excluding hydrogens is 340 g/mol. The lowest BCUT2D eigenvalue weighted by Gasteiger charge is -2.22. The van der Waals surface area contributed by atoms with Crippen molar-refractivity contribution in [1.29, 1.82) is 0 Å². The molecule has 0 aromatic heterocycles. The predicted octanol–water partition coefficient (Wildman–Crippen LogP) is 3.51. The molecule has 2 aromatic rings. The van der Waals surface area contributed by atoms with Crippen molar-refractivity contribution in [2.75, 3.05) is 25.0 Å². The Hall–Kier alpha value is -3.08. The predicted molar refractivity (Wildman–Crippen MR) is 107 cm³/mol. The summed E-state index contributed by atoms with van der Waals surface area (Å²) in [5.74, 6) is 0.532. The maximum atomic E-state index is 12.8. The fourth-order valence-electron chi connectivity index (χ4n) is 2.99. The number of carbonyl (C=O) groups is 2. The first-order valence-electron chi connectivity index (χ1n) is 9.20. The lowest BCUT2D eigenvalue weighted by Crippen LogP contribution is -2.33. The second-order valence-electron chi connectivity index (χ2n) is 6.50. The maximum Gasteiger partial charge on any atom is 0.262 e. The minimum Gasteiger partial charge on any atom is -0.482 e. The van der Waals surface area contributed by atoms with Crippen molar-refractivity contribution >= 4 is 23.6 Å². The molecular formula is C22H24N2O3. The van der Waals surface area contributed by atoms with Crippen molar-refractivity contribution in [3.05, 3.63) is 65.7 Å². The van der Waals surface area contributed by atoms with Crippen LogP contribution < -0.4 is 10.1 Å². The monoisotopic (exact) mass is 364 g/mol. The van der Waals surface area contributed by atoms with Crippen LogP contribution in [0.5, 0.6) is 5.75 Å². The van der Waals surface area contributed by atoms with E-state index in [0.29, 0.717) is 30.9 Å². The average Bonchev–Trinajstić information content (AvgIpc) is 2.68. The van der Waals surface area contributed by atoms with Crippen molar-refractivity contribution in [1.82, 2.24) is 4.90 Å². The summed E-state index contributed by atoms with van der Waals surface area (Å²) in [6.07, 6.45) is 5.24. The minimum absolute atomic E-state index is 0.0311. The van der Waals surface area contributed by atoms with Crippen molar-refractivity contribution < 1.29 is 14.3 Å². The summed E-state index contributed by atoms with van der Waals surface area (Å²) in [7, 11) is 0. The molecule has 0 radical (unpaired) electrons. The molecule has 0 saturated carbocycles. The average molecular weight is 364 g/mol. The van der Waals surface area contributed by atoms with Crippen LogP contribution >= 0.6 is 0 Å². The summed E-state index contributed by atoms with van der Waals surface area (Å²) < 4.78 is 5.36. The van der Waals surface area contributed by atoms with E-state index in [1.54, 1.807) is 6.07 Å². The van der Waals surface area contributed by atoms with Gasteiger partial charge in [0.25, 0.3) is 5.91 Å². The van der Waals surface area contributed by atoms with E-state index < -0.39 is 0 Å². The van der Waals surface area contributed by atoms with Gasteiger partial charge in [0, 0.05) is 13.1 Å². The molecule has 2 amide bonds. The molecule has 0 atom stereocenters. The highest BCUT2D eigenvalue weighted by Crippen LogP contribution is 2.28. The number of anilines is 1. The van der Waals surface area contributed by atoms with Crippen LogP contribution in [0.3, 0.4) is 0 Å². The Morgan fingerprint density at radius 3 is 2.81 bits per heavy atom. The van der Waals surface area contributed by atoms with Gasteiger partial charge < -0.3 is 15.0 Å². The summed E-state index contributed by atoms with van der Waals surface area (Å²) in [4.78, 5) is 26.1. The molecule has 3 rings (SSSR count). The minimum atomic E-state index is -0.176. The van der Waals surface area contributed by atoms with Gasteiger partial charge in [0.2, 0.25) is 5.91 Å². The van der Waals surface area contributed by atoms with E-state index in [2.05, 4.69) is 12.2 Å². The van der Waals surface area contributed by atoms with Gasteiger partial charge in [0.15, 0.2) is 6.61 Å². The van der Waals surface area contributed by atoms with Crippen LogP contribution in [-0.4, -0.2) is 36.4 Å². The summed E-state index contributed by atoms with van der Waals surface area (Å²) in [5.41, 5.74) is 2.60. The van der Waals surface area contributed by atoms with Crippen LogP contribution in [0.4, 0.5) is 5.69 Å². The van der Waals surface area contributed by atoms with Gasteiger partial charge in [-0.25, -0.2) is 0 Å². The van der Waals surface area contributed by atoms with Crippen molar-refractivity contribution in [2.24, 2.45) is 0 Å². The van der Waals surface area contributed by atoms with Crippen molar-refractivity contribution in [3.63, 3.8) is 0 Å². The molecule has 0 fully saturated rings. The van der Waals surface area contributed by atoms with Crippen LogP contribution in [-0.2, 0) is 16.0 Å². The van der Waals surface area contributed by atoms with Crippen LogP contribution in [0, 0.1) is 0 Å². The summed E-state index contributed by atoms with van der Waals surface area (Å²) in [6, 6.07) is 15.5. The van der Waals surface area contributed by atoms with Gasteiger partial charge >= 0.3 is 0 Å². The van der Waals surface area contributed by atoms with Crippen LogP contribution in [0.1, 0.15) is 24.5 Å². The standard InChI is InChI=1S/C22H24N2O3/c1-2-12-24(13-6-9-17-7-4-3-5-8-17)22(26)15-18-10-11-20-19(14-18)23-21(25)16-27-20/h3-11,14H,2,12-13,15-16H2,1H3,(H,23,25)/b9-6+. The van der Waals surface area contributed by atoms with Crippen LogP contribution in [0.15, 0.2) is 54.6 Å². The van der Waals surface area contributed by atoms with E-state index in [0.717, 1.165) is 17.5 Å². The number of carbonyl (C=O) groups excluding carboxylic acids is 2. The Bertz CT molecular complexity index is 831. The summed E-state index contributed by atoms with van der Waals surface area (Å²) in [6.45, 7) is 3.38. The third kappa shape index (κ3) is 5.20. The number of amides is 2. The number of nitrogens with one attached hydrogen (secondary N) is 1. The van der Waals surface area contributed by atoms with Gasteiger partial charge in [-0.3, -0.25) is 9.59 Å². The molecule has 0 saturated heterocycles. The van der Waals surface area contributed by atoms with Gasteiger partial charge in [0.05, 0.1) is 12.1 Å². The van der Waals surface area contributed by atoms with E-state index in [1.807, 2.05) is 59.5 Å². The van der Waals surface area contributed by atoms with Gasteiger partial charge in [-0.05, 0) is 29.7 Å². The Kier molecular flexibility index (Phi) is 6.26. The SMILES string of the molecule is CCCN(C/C=C/c1ccccc1)C(=O)Cc1ccc2c(c1)NC(=O)CO2. The third-order valence-electron chi connectivity index (χ3n) is 4.31. The molecule has 0 spiro atoms. The van der Waals surface area contributed by atoms with E-state index in [-0.39, 0.29) is 18.4 Å². The normalized spacial score (nSPS) is 13.0. The topological polar surface area (TPSA) is 58.6 Å². The molecule has 5 nitrogen and oxygen atoms in total. The highest BCUT2D eigenvalue weighted by Gasteiger charge is 2.18. The lowest BCUT2D eigenvalue weighted by molar-refractivity contribution is -0.130. The Balaban J connectivity index is 1.64. The van der Waals surface area contributed by atoms with E-state index in [4.69, 9.17) is 4.74 Å². The Morgan fingerprint density at radius 1 is 1.22 bits per heavy atom. The molecule has 1 heterocycles. The highest BCUT2D eigenvalue weighted by molar-refractivity contribution is 5.95. The Morgan fingerprint density at radius 2 is 2.04 bits per heavy atom. The van der Waals surface area contributed by atoms with Crippen LogP contribution in [0.25, 0.3) is 6.08 Å². The number of nitrogens with zero attached hydrogens (tertiary/aromatic N) is 1. The first kappa shape index (κ1) is 18.7. The molecule has 2 aromatic carbocycles. The largest absolute Gasteiger partial charge is 0.482 e. The molecule has 0 aliphatic carbocycles. The lowest BCUT2D eigenvalue weighted by atomic mass is 10.1.